The number of rotatable bonds is 7. The summed E-state index contributed by atoms with van der Waals surface area (Å²) >= 11 is 0. The van der Waals surface area contributed by atoms with Crippen molar-refractivity contribution in [3.63, 3.8) is 0 Å². The first-order chi connectivity index (χ1) is 12.3. The third kappa shape index (κ3) is 4.28. The van der Waals surface area contributed by atoms with Crippen molar-refractivity contribution in [3.05, 3.63) is 65.5 Å². The Labute approximate surface area is 153 Å². The van der Waals surface area contributed by atoms with Crippen LogP contribution in [-0.4, -0.2) is 31.7 Å². The smallest absolute Gasteiger partial charge is 0.251 e. The van der Waals surface area contributed by atoms with E-state index < -0.39 is 27.8 Å². The fourth-order valence-electron chi connectivity index (χ4n) is 2.69. The van der Waals surface area contributed by atoms with Gasteiger partial charge in [0.2, 0.25) is 10.0 Å². The minimum atomic E-state index is -3.65. The van der Waals surface area contributed by atoms with Crippen molar-refractivity contribution in [2.45, 2.75) is 31.7 Å². The molecule has 2 rings (SSSR count). The molecule has 0 fully saturated rings. The van der Waals surface area contributed by atoms with Crippen LogP contribution in [0.25, 0.3) is 0 Å². The third-order valence-corrected chi connectivity index (χ3v) is 6.20. The number of hydrogen-bond acceptors (Lipinski definition) is 3. The van der Waals surface area contributed by atoms with E-state index in [-0.39, 0.29) is 10.5 Å². The Hall–Kier alpha value is -2.25. The molecule has 0 saturated carbocycles. The highest BCUT2D eigenvalue weighted by atomic mass is 32.2. The molecule has 26 heavy (non-hydrogen) atoms. The zero-order chi connectivity index (χ0) is 19.3. The van der Waals surface area contributed by atoms with E-state index in [0.29, 0.717) is 18.7 Å². The molecular weight excluding hydrogens is 355 g/mol. The van der Waals surface area contributed by atoms with Gasteiger partial charge in [-0.1, -0.05) is 38.1 Å². The number of nitrogens with zero attached hydrogens (tertiary/aromatic N) is 1. The normalized spacial score (nSPS) is 12.8. The minimum absolute atomic E-state index is 0.0624. The second-order valence-corrected chi connectivity index (χ2v) is 7.77. The molecule has 0 bridgehead atoms. The van der Waals surface area contributed by atoms with Gasteiger partial charge in [0.05, 0.1) is 10.9 Å². The number of amides is 1. The van der Waals surface area contributed by atoms with E-state index in [0.717, 1.165) is 0 Å². The molecule has 1 amide bonds. The van der Waals surface area contributed by atoms with Crippen molar-refractivity contribution in [2.75, 3.05) is 13.1 Å². The second-order valence-electron chi connectivity index (χ2n) is 5.83. The average Bonchev–Trinajstić information content (AvgIpc) is 2.63. The first-order valence-electron chi connectivity index (χ1n) is 8.46. The molecule has 0 heterocycles. The van der Waals surface area contributed by atoms with Crippen molar-refractivity contribution >= 4 is 15.9 Å². The fourth-order valence-corrected chi connectivity index (χ4v) is 4.20. The van der Waals surface area contributed by atoms with Crippen LogP contribution in [-0.2, 0) is 10.0 Å². The molecule has 1 atom stereocenters. The highest BCUT2D eigenvalue weighted by Gasteiger charge is 2.23. The van der Waals surface area contributed by atoms with Crippen LogP contribution in [0.15, 0.2) is 53.4 Å². The van der Waals surface area contributed by atoms with Gasteiger partial charge >= 0.3 is 0 Å². The summed E-state index contributed by atoms with van der Waals surface area (Å²) in [6.45, 7) is 5.88. The first-order valence-corrected chi connectivity index (χ1v) is 9.90. The van der Waals surface area contributed by atoms with Crippen LogP contribution in [0.2, 0.25) is 0 Å². The maximum Gasteiger partial charge on any atom is 0.251 e. The topological polar surface area (TPSA) is 66.5 Å². The molecule has 0 aliphatic rings. The summed E-state index contributed by atoms with van der Waals surface area (Å²) in [4.78, 5) is 12.5. The molecular formula is C19H23FN2O3S. The molecule has 0 aromatic heterocycles. The molecule has 5 nitrogen and oxygen atoms in total. The predicted molar refractivity (Wildman–Crippen MR) is 98.8 cm³/mol. The summed E-state index contributed by atoms with van der Waals surface area (Å²) in [5.74, 6) is -0.865. The van der Waals surface area contributed by atoms with E-state index in [2.05, 4.69) is 5.32 Å². The average molecular weight is 378 g/mol. The standard InChI is InChI=1S/C19H23FN2O3S/c1-4-22(5-2)26(24,25)16-10-8-9-15(13-16)19(23)21-14(3)17-11-6-7-12-18(17)20/h6-14H,4-5H2,1-3H3,(H,21,23). The van der Waals surface area contributed by atoms with Gasteiger partial charge in [-0.25, -0.2) is 12.8 Å². The summed E-state index contributed by atoms with van der Waals surface area (Å²) in [7, 11) is -3.65. The molecule has 140 valence electrons. The molecule has 1 N–H and O–H groups in total. The van der Waals surface area contributed by atoms with Crippen LogP contribution >= 0.6 is 0 Å². The Kier molecular flexibility index (Phi) is 6.50. The Morgan fingerprint density at radius 3 is 2.38 bits per heavy atom. The highest BCUT2D eigenvalue weighted by molar-refractivity contribution is 7.89. The first kappa shape index (κ1) is 20.1. The van der Waals surface area contributed by atoms with E-state index >= 15 is 0 Å². The van der Waals surface area contributed by atoms with E-state index in [4.69, 9.17) is 0 Å². The summed E-state index contributed by atoms with van der Waals surface area (Å²) < 4.78 is 40.4. The van der Waals surface area contributed by atoms with Gasteiger partial charge in [0.1, 0.15) is 5.82 Å². The summed E-state index contributed by atoms with van der Waals surface area (Å²) in [5.41, 5.74) is 0.578. The van der Waals surface area contributed by atoms with E-state index in [1.54, 1.807) is 39.0 Å². The lowest BCUT2D eigenvalue weighted by atomic mass is 10.1. The number of halogens is 1. The largest absolute Gasteiger partial charge is 0.345 e. The van der Waals surface area contributed by atoms with Crippen LogP contribution in [0.1, 0.15) is 42.7 Å². The van der Waals surface area contributed by atoms with Gasteiger partial charge in [-0.3, -0.25) is 4.79 Å². The molecule has 0 aliphatic carbocycles. The molecule has 2 aromatic rings. The lowest BCUT2D eigenvalue weighted by Crippen LogP contribution is -2.31. The Balaban J connectivity index is 2.25. The number of carbonyl (C=O) groups excluding carboxylic acids is 1. The Bertz CT molecular complexity index is 880. The zero-order valence-electron chi connectivity index (χ0n) is 15.1. The van der Waals surface area contributed by atoms with Gasteiger partial charge in [-0.15, -0.1) is 0 Å². The summed E-state index contributed by atoms with van der Waals surface area (Å²) in [6, 6.07) is 11.5. The van der Waals surface area contributed by atoms with E-state index in [9.17, 15) is 17.6 Å². The fraction of sp³-hybridized carbons (Fsp3) is 0.316. The van der Waals surface area contributed by atoms with Crippen molar-refractivity contribution in [3.8, 4) is 0 Å². The van der Waals surface area contributed by atoms with Crippen LogP contribution in [0.5, 0.6) is 0 Å². The maximum absolute atomic E-state index is 13.8. The number of carbonyl (C=O) groups is 1. The second kappa shape index (κ2) is 8.42. The van der Waals surface area contributed by atoms with Crippen LogP contribution in [0.4, 0.5) is 4.39 Å². The van der Waals surface area contributed by atoms with Gasteiger partial charge < -0.3 is 5.32 Å². The van der Waals surface area contributed by atoms with Crippen LogP contribution in [0, 0.1) is 5.82 Å². The van der Waals surface area contributed by atoms with Crippen LogP contribution < -0.4 is 5.32 Å². The summed E-state index contributed by atoms with van der Waals surface area (Å²) in [6.07, 6.45) is 0. The Morgan fingerprint density at radius 1 is 1.12 bits per heavy atom. The van der Waals surface area contributed by atoms with Crippen molar-refractivity contribution < 1.29 is 17.6 Å². The Morgan fingerprint density at radius 2 is 1.77 bits per heavy atom. The summed E-state index contributed by atoms with van der Waals surface area (Å²) in [5, 5.41) is 2.70. The van der Waals surface area contributed by atoms with Crippen molar-refractivity contribution in [2.24, 2.45) is 0 Å². The van der Waals surface area contributed by atoms with E-state index in [1.165, 1.54) is 34.6 Å². The van der Waals surface area contributed by atoms with E-state index in [1.807, 2.05) is 0 Å². The third-order valence-electron chi connectivity index (χ3n) is 4.16. The number of hydrogen-bond donors (Lipinski definition) is 1. The highest BCUT2D eigenvalue weighted by Crippen LogP contribution is 2.19. The zero-order valence-corrected chi connectivity index (χ0v) is 15.9. The number of sulfonamides is 1. The number of nitrogens with one attached hydrogen (secondary N) is 1. The lowest BCUT2D eigenvalue weighted by molar-refractivity contribution is 0.0939. The predicted octanol–water partition coefficient (Wildman–Crippen LogP) is 3.35. The molecule has 1 unspecified atom stereocenters. The van der Waals surface area contributed by atoms with Gasteiger partial charge in [0.25, 0.3) is 5.91 Å². The van der Waals surface area contributed by atoms with Gasteiger partial charge in [0, 0.05) is 24.2 Å². The molecule has 0 aliphatic heterocycles. The molecule has 2 aromatic carbocycles. The van der Waals surface area contributed by atoms with Gasteiger partial charge in [-0.2, -0.15) is 4.31 Å². The minimum Gasteiger partial charge on any atom is -0.345 e. The maximum atomic E-state index is 13.8. The molecule has 0 saturated heterocycles. The SMILES string of the molecule is CCN(CC)S(=O)(=O)c1cccc(C(=O)NC(C)c2ccccc2F)c1. The van der Waals surface area contributed by atoms with Crippen LogP contribution in [0.3, 0.4) is 0 Å². The molecule has 7 heteroatoms. The molecule has 0 radical (unpaired) electrons. The lowest BCUT2D eigenvalue weighted by Gasteiger charge is -2.19. The number of benzene rings is 2. The monoisotopic (exact) mass is 378 g/mol. The van der Waals surface area contributed by atoms with Gasteiger partial charge in [-0.05, 0) is 31.2 Å². The van der Waals surface area contributed by atoms with Crippen molar-refractivity contribution in [1.82, 2.24) is 9.62 Å². The quantitative estimate of drug-likeness (QED) is 0.803. The molecule has 0 spiro atoms. The van der Waals surface area contributed by atoms with Crippen molar-refractivity contribution in [1.29, 1.82) is 0 Å². The van der Waals surface area contributed by atoms with Gasteiger partial charge in [0.15, 0.2) is 0 Å².